The molecule has 1 aliphatic rings. The van der Waals surface area contributed by atoms with Gasteiger partial charge in [-0.25, -0.2) is 4.98 Å². The van der Waals surface area contributed by atoms with Crippen LogP contribution in [-0.4, -0.2) is 16.7 Å². The zero-order chi connectivity index (χ0) is 14.4. The first-order chi connectivity index (χ1) is 10.3. The Balaban J connectivity index is 1.98. The molecule has 4 heteroatoms. The third-order valence-corrected chi connectivity index (χ3v) is 4.18. The highest BCUT2D eigenvalue weighted by Crippen LogP contribution is 2.46. The molecule has 0 saturated heterocycles. The quantitative estimate of drug-likeness (QED) is 0.555. The van der Waals surface area contributed by atoms with Crippen LogP contribution in [0.25, 0.3) is 11.4 Å². The molecule has 1 unspecified atom stereocenters. The van der Waals surface area contributed by atoms with Crippen LogP contribution in [0.1, 0.15) is 17.2 Å². The van der Waals surface area contributed by atoms with Crippen molar-refractivity contribution in [2.75, 3.05) is 7.11 Å². The van der Waals surface area contributed by atoms with Crippen molar-refractivity contribution in [3.05, 3.63) is 71.0 Å². The molecule has 0 radical (unpaired) electrons. The molecule has 0 aliphatic carbocycles. The summed E-state index contributed by atoms with van der Waals surface area (Å²) in [4.78, 5) is 4.49. The van der Waals surface area contributed by atoms with E-state index < -0.39 is 0 Å². The van der Waals surface area contributed by atoms with E-state index in [-0.39, 0.29) is 6.04 Å². The Hall–Kier alpha value is -2.26. The lowest BCUT2D eigenvalue weighted by Crippen LogP contribution is -2.07. The minimum absolute atomic E-state index is 0.0749. The Bertz CT molecular complexity index is 808. The molecule has 2 aromatic carbocycles. The van der Waals surface area contributed by atoms with E-state index in [4.69, 9.17) is 16.3 Å². The summed E-state index contributed by atoms with van der Waals surface area (Å²) >= 11 is 6.01. The van der Waals surface area contributed by atoms with Crippen LogP contribution in [0.15, 0.2) is 54.9 Å². The van der Waals surface area contributed by atoms with Crippen molar-refractivity contribution in [2.45, 2.75) is 6.04 Å². The van der Waals surface area contributed by atoms with Gasteiger partial charge in [-0.05, 0) is 23.8 Å². The number of methoxy groups -OCH3 is 1. The smallest absolute Gasteiger partial charge is 0.141 e. The minimum atomic E-state index is 0.0749. The van der Waals surface area contributed by atoms with Gasteiger partial charge in [-0.15, -0.1) is 0 Å². The molecule has 1 aliphatic heterocycles. The number of hydrogen-bond donors (Lipinski definition) is 0. The van der Waals surface area contributed by atoms with Crippen molar-refractivity contribution < 1.29 is 4.74 Å². The van der Waals surface area contributed by atoms with Crippen LogP contribution in [0.3, 0.4) is 0 Å². The van der Waals surface area contributed by atoms with Crippen molar-refractivity contribution in [3.63, 3.8) is 0 Å². The van der Waals surface area contributed by atoms with Gasteiger partial charge in [0, 0.05) is 28.5 Å². The highest BCUT2D eigenvalue weighted by molar-refractivity contribution is 6.30. The minimum Gasteiger partial charge on any atom is -0.496 e. The summed E-state index contributed by atoms with van der Waals surface area (Å²) in [7, 11) is 1.70. The summed E-state index contributed by atoms with van der Waals surface area (Å²) in [6.45, 7) is 0. The van der Waals surface area contributed by atoms with Crippen LogP contribution in [0.2, 0.25) is 5.02 Å². The van der Waals surface area contributed by atoms with E-state index >= 15 is 0 Å². The molecular weight excluding hydrogens is 284 g/mol. The van der Waals surface area contributed by atoms with Crippen molar-refractivity contribution in [1.82, 2.24) is 9.55 Å². The lowest BCUT2D eigenvalue weighted by atomic mass is 9.96. The second-order valence-corrected chi connectivity index (χ2v) is 5.47. The van der Waals surface area contributed by atoms with Crippen molar-refractivity contribution in [3.8, 4) is 17.1 Å². The molecule has 0 bridgehead atoms. The number of benzene rings is 2. The Morgan fingerprint density at radius 3 is 2.71 bits per heavy atom. The molecule has 0 amide bonds. The van der Waals surface area contributed by atoms with Crippen LogP contribution in [0.5, 0.6) is 5.75 Å². The molecule has 104 valence electrons. The van der Waals surface area contributed by atoms with Gasteiger partial charge in [-0.2, -0.15) is 0 Å². The van der Waals surface area contributed by atoms with Crippen LogP contribution < -0.4 is 4.74 Å². The van der Waals surface area contributed by atoms with Crippen LogP contribution in [-0.2, 0) is 0 Å². The van der Waals surface area contributed by atoms with Gasteiger partial charge in [0.2, 0.25) is 0 Å². The number of hydrogen-bond acceptors (Lipinski definition) is 2. The van der Waals surface area contributed by atoms with Gasteiger partial charge in [0.25, 0.3) is 0 Å². The molecular formula is C17H13ClN2O. The third-order valence-electron chi connectivity index (χ3n) is 3.93. The zero-order valence-corrected chi connectivity index (χ0v) is 12.2. The van der Waals surface area contributed by atoms with Crippen molar-refractivity contribution in [2.24, 2.45) is 0 Å². The second kappa shape index (κ2) is 4.64. The van der Waals surface area contributed by atoms with E-state index in [0.717, 1.165) is 27.7 Å². The lowest BCUT2D eigenvalue weighted by molar-refractivity contribution is 0.407. The molecule has 0 N–H and O–H groups in total. The van der Waals surface area contributed by atoms with Crippen LogP contribution in [0, 0.1) is 0 Å². The Kier molecular flexibility index (Phi) is 2.76. The van der Waals surface area contributed by atoms with Crippen molar-refractivity contribution in [1.29, 1.82) is 0 Å². The molecule has 3 nitrogen and oxygen atoms in total. The monoisotopic (exact) mass is 296 g/mol. The first-order valence-corrected chi connectivity index (χ1v) is 7.13. The largest absolute Gasteiger partial charge is 0.496 e. The van der Waals surface area contributed by atoms with E-state index in [1.54, 1.807) is 7.11 Å². The van der Waals surface area contributed by atoms with Gasteiger partial charge in [-0.1, -0.05) is 35.9 Å². The normalized spacial score (nSPS) is 15.6. The maximum Gasteiger partial charge on any atom is 0.141 e. The topological polar surface area (TPSA) is 27.1 Å². The number of ether oxygens (including phenoxy) is 1. The number of fused-ring (bicyclic) bond motifs is 3. The highest BCUT2D eigenvalue weighted by Gasteiger charge is 2.32. The predicted molar refractivity (Wildman–Crippen MR) is 82.9 cm³/mol. The summed E-state index contributed by atoms with van der Waals surface area (Å²) in [6, 6.07) is 14.1. The third kappa shape index (κ3) is 1.78. The second-order valence-electron chi connectivity index (χ2n) is 5.03. The van der Waals surface area contributed by atoms with Gasteiger partial charge >= 0.3 is 0 Å². The van der Waals surface area contributed by atoms with Gasteiger partial charge in [0.1, 0.15) is 11.6 Å². The first kappa shape index (κ1) is 12.5. The van der Waals surface area contributed by atoms with Gasteiger partial charge in [0.15, 0.2) is 0 Å². The number of nitrogens with zero attached hydrogens (tertiary/aromatic N) is 2. The summed E-state index contributed by atoms with van der Waals surface area (Å²) < 4.78 is 7.74. The Morgan fingerprint density at radius 2 is 1.95 bits per heavy atom. The maximum atomic E-state index is 6.01. The highest BCUT2D eigenvalue weighted by atomic mass is 35.5. The molecule has 4 rings (SSSR count). The predicted octanol–water partition coefficient (Wildman–Crippen LogP) is 4.16. The molecule has 21 heavy (non-hydrogen) atoms. The van der Waals surface area contributed by atoms with Crippen molar-refractivity contribution >= 4 is 11.6 Å². The maximum absolute atomic E-state index is 6.01. The molecule has 1 atom stereocenters. The Labute approximate surface area is 127 Å². The standard InChI is InChI=1S/C17H13ClN2O/c1-21-14-4-2-3-13-15(14)16(20-10-9-19-17(13)20)11-5-7-12(18)8-6-11/h2-10,16H,1H3. The zero-order valence-electron chi connectivity index (χ0n) is 11.5. The summed E-state index contributed by atoms with van der Waals surface area (Å²) in [5.41, 5.74) is 3.45. The van der Waals surface area contributed by atoms with E-state index in [9.17, 15) is 0 Å². The SMILES string of the molecule is COc1cccc2c1C(c1ccc(Cl)cc1)n1ccnc1-2. The number of halogens is 1. The fraction of sp³-hybridized carbons (Fsp3) is 0.118. The van der Waals surface area contributed by atoms with Gasteiger partial charge in [-0.3, -0.25) is 0 Å². The fourth-order valence-corrected chi connectivity index (χ4v) is 3.17. The van der Waals surface area contributed by atoms with Crippen LogP contribution >= 0.6 is 11.6 Å². The lowest BCUT2D eigenvalue weighted by Gasteiger charge is -2.17. The van der Waals surface area contributed by atoms with E-state index in [1.807, 2.05) is 36.7 Å². The first-order valence-electron chi connectivity index (χ1n) is 6.75. The van der Waals surface area contributed by atoms with E-state index in [0.29, 0.717) is 0 Å². The van der Waals surface area contributed by atoms with E-state index in [2.05, 4.69) is 27.8 Å². The van der Waals surface area contributed by atoms with Gasteiger partial charge in [0.05, 0.1) is 13.2 Å². The molecule has 3 aromatic rings. The molecule has 0 fully saturated rings. The molecule has 1 aromatic heterocycles. The van der Waals surface area contributed by atoms with Gasteiger partial charge < -0.3 is 9.30 Å². The number of aromatic nitrogens is 2. The van der Waals surface area contributed by atoms with Crippen LogP contribution in [0.4, 0.5) is 0 Å². The number of imidazole rings is 1. The number of rotatable bonds is 2. The summed E-state index contributed by atoms with van der Waals surface area (Å²) in [5.74, 6) is 1.86. The average Bonchev–Trinajstić information content (AvgIpc) is 3.08. The Morgan fingerprint density at radius 1 is 1.14 bits per heavy atom. The molecule has 2 heterocycles. The average molecular weight is 297 g/mol. The van der Waals surface area contributed by atoms with E-state index in [1.165, 1.54) is 5.56 Å². The molecule has 0 spiro atoms. The summed E-state index contributed by atoms with van der Waals surface area (Å²) in [5, 5.41) is 0.739. The fourth-order valence-electron chi connectivity index (χ4n) is 3.04. The molecule has 0 saturated carbocycles. The summed E-state index contributed by atoms with van der Waals surface area (Å²) in [6.07, 6.45) is 3.84.